The van der Waals surface area contributed by atoms with Crippen LogP contribution < -0.4 is 5.32 Å². The molecule has 0 bridgehead atoms. The molecule has 4 rings (SSSR count). The maximum absolute atomic E-state index is 13.5. The van der Waals surface area contributed by atoms with Gasteiger partial charge in [-0.25, -0.2) is 24.9 Å². The van der Waals surface area contributed by atoms with Crippen molar-refractivity contribution in [2.24, 2.45) is 5.92 Å². The second kappa shape index (κ2) is 11.0. The number of carbonyl (C=O) groups excluding carboxylic acids is 1. The smallest absolute Gasteiger partial charge is 0.245 e. The molecule has 0 aromatic carbocycles. The molecule has 3 aromatic rings. The summed E-state index contributed by atoms with van der Waals surface area (Å²) in [6.07, 6.45) is 6.10. The molecule has 4 heterocycles. The lowest BCUT2D eigenvalue weighted by Crippen LogP contribution is -2.56. The normalized spacial score (nSPS) is 14.9. The van der Waals surface area contributed by atoms with Gasteiger partial charge in [-0.3, -0.25) is 15.6 Å². The highest BCUT2D eigenvalue weighted by molar-refractivity contribution is 6.01. The number of rotatable bonds is 8. The molecule has 1 fully saturated rings. The number of nitrogens with zero attached hydrogens (tertiary/aromatic N) is 8. The number of aromatic nitrogens is 6. The summed E-state index contributed by atoms with van der Waals surface area (Å²) in [7, 11) is 0. The van der Waals surface area contributed by atoms with E-state index >= 15 is 0 Å². The van der Waals surface area contributed by atoms with Crippen molar-refractivity contribution in [1.82, 2.24) is 39.3 Å². The first-order valence-corrected chi connectivity index (χ1v) is 12.7. The van der Waals surface area contributed by atoms with Crippen LogP contribution in [-0.2, 0) is 11.3 Å². The molecular weight excluding hydrogens is 470 g/mol. The lowest BCUT2D eigenvalue weighted by Gasteiger charge is -2.38. The van der Waals surface area contributed by atoms with Crippen LogP contribution >= 0.6 is 0 Å². The molecule has 1 amide bonds. The summed E-state index contributed by atoms with van der Waals surface area (Å²) in [4.78, 5) is 39.1. The molecule has 0 spiro atoms. The minimum Gasteiger partial charge on any atom is -0.356 e. The molecule has 3 aromatic heterocycles. The zero-order valence-electron chi connectivity index (χ0n) is 22.1. The minimum absolute atomic E-state index is 0.101. The van der Waals surface area contributed by atoms with Crippen molar-refractivity contribution in [2.45, 2.75) is 60.0 Å². The fraction of sp³-hybridized carbons (Fsp3) is 0.520. The Kier molecular flexibility index (Phi) is 7.74. The van der Waals surface area contributed by atoms with Crippen molar-refractivity contribution in [1.29, 1.82) is 10.8 Å². The SMILES string of the molecule is CCC(Nc1ncnc2c1nc(-c1cnc(C)nc1)n2CC)C(=O)N1CCN(C(=N)CC(C)C)C(=N)C1. The molecule has 12 nitrogen and oxygen atoms in total. The maximum Gasteiger partial charge on any atom is 0.245 e. The van der Waals surface area contributed by atoms with E-state index in [1.807, 2.05) is 25.3 Å². The molecule has 1 aliphatic rings. The van der Waals surface area contributed by atoms with Crippen LogP contribution in [0.1, 0.15) is 46.4 Å². The number of hydrogen-bond donors (Lipinski definition) is 3. The van der Waals surface area contributed by atoms with E-state index < -0.39 is 6.04 Å². The summed E-state index contributed by atoms with van der Waals surface area (Å²) < 4.78 is 1.98. The predicted octanol–water partition coefficient (Wildman–Crippen LogP) is 2.95. The Hall–Kier alpha value is -3.96. The monoisotopic (exact) mass is 505 g/mol. The molecule has 1 unspecified atom stereocenters. The molecule has 12 heteroatoms. The van der Waals surface area contributed by atoms with Gasteiger partial charge in [0.25, 0.3) is 0 Å². The van der Waals surface area contributed by atoms with Crippen LogP contribution in [0.4, 0.5) is 5.82 Å². The van der Waals surface area contributed by atoms with Gasteiger partial charge in [0.1, 0.15) is 35.7 Å². The standard InChI is InChI=1S/C25H35N11O/c1-6-18(25(37)34-8-9-36(20(27)13-34)19(26)10-15(3)4)32-22-21-24(31-14-30-22)35(7-2)23(33-21)17-11-28-16(5)29-12-17/h11-12,14-15,18,26-27H,6-10,13H2,1-5H3,(H,30,31,32). The number of carbonyl (C=O) groups is 1. The quantitative estimate of drug-likeness (QED) is 0.312. The number of imidazole rings is 1. The fourth-order valence-electron chi connectivity index (χ4n) is 4.48. The van der Waals surface area contributed by atoms with Gasteiger partial charge in [-0.2, -0.15) is 0 Å². The molecule has 196 valence electrons. The van der Waals surface area contributed by atoms with Gasteiger partial charge < -0.3 is 19.7 Å². The van der Waals surface area contributed by atoms with Crippen LogP contribution in [0.3, 0.4) is 0 Å². The highest BCUT2D eigenvalue weighted by Gasteiger charge is 2.31. The summed E-state index contributed by atoms with van der Waals surface area (Å²) >= 11 is 0. The zero-order chi connectivity index (χ0) is 26.7. The fourth-order valence-corrected chi connectivity index (χ4v) is 4.48. The Labute approximate surface area is 216 Å². The Morgan fingerprint density at radius 1 is 1.14 bits per heavy atom. The van der Waals surface area contributed by atoms with Crippen molar-refractivity contribution in [2.75, 3.05) is 25.0 Å². The number of aryl methyl sites for hydroxylation is 2. The average molecular weight is 506 g/mol. The van der Waals surface area contributed by atoms with Crippen LogP contribution in [0.15, 0.2) is 18.7 Å². The number of hydrogen-bond acceptors (Lipinski definition) is 9. The minimum atomic E-state index is -0.537. The third-order valence-corrected chi connectivity index (χ3v) is 6.40. The molecule has 0 radical (unpaired) electrons. The van der Waals surface area contributed by atoms with Gasteiger partial charge in [-0.15, -0.1) is 0 Å². The highest BCUT2D eigenvalue weighted by atomic mass is 16.2. The van der Waals surface area contributed by atoms with E-state index in [1.54, 1.807) is 22.2 Å². The van der Waals surface area contributed by atoms with Gasteiger partial charge in [0.2, 0.25) is 5.91 Å². The molecular formula is C25H35N11O. The lowest BCUT2D eigenvalue weighted by atomic mass is 10.1. The summed E-state index contributed by atoms with van der Waals surface area (Å²) in [5.41, 5.74) is 2.02. The maximum atomic E-state index is 13.5. The first kappa shape index (κ1) is 26.1. The molecule has 3 N–H and O–H groups in total. The largest absolute Gasteiger partial charge is 0.356 e. The van der Waals surface area contributed by atoms with Crippen LogP contribution in [0.2, 0.25) is 0 Å². The van der Waals surface area contributed by atoms with E-state index in [0.717, 1.165) is 5.56 Å². The van der Waals surface area contributed by atoms with Crippen LogP contribution in [0, 0.1) is 23.7 Å². The number of amides is 1. The topological polar surface area (TPSA) is 153 Å². The first-order chi connectivity index (χ1) is 17.7. The highest BCUT2D eigenvalue weighted by Crippen LogP contribution is 2.27. The van der Waals surface area contributed by atoms with E-state index in [9.17, 15) is 4.79 Å². The van der Waals surface area contributed by atoms with Gasteiger partial charge in [0.05, 0.1) is 12.1 Å². The van der Waals surface area contributed by atoms with E-state index in [-0.39, 0.29) is 18.3 Å². The Balaban J connectivity index is 1.55. The number of amidine groups is 2. The molecule has 1 atom stereocenters. The van der Waals surface area contributed by atoms with Crippen molar-refractivity contribution >= 4 is 34.6 Å². The number of nitrogens with one attached hydrogen (secondary N) is 3. The van der Waals surface area contributed by atoms with E-state index in [1.165, 1.54) is 6.33 Å². The summed E-state index contributed by atoms with van der Waals surface area (Å²) in [5, 5.41) is 20.0. The average Bonchev–Trinajstić information content (AvgIpc) is 3.26. The van der Waals surface area contributed by atoms with E-state index in [0.29, 0.717) is 72.9 Å². The van der Waals surface area contributed by atoms with Crippen molar-refractivity contribution in [3.05, 3.63) is 24.5 Å². The van der Waals surface area contributed by atoms with Crippen molar-refractivity contribution in [3.63, 3.8) is 0 Å². The number of fused-ring (bicyclic) bond motifs is 1. The first-order valence-electron chi connectivity index (χ1n) is 12.7. The van der Waals surface area contributed by atoms with Crippen LogP contribution in [0.25, 0.3) is 22.6 Å². The number of piperazine rings is 1. The Bertz CT molecular complexity index is 1300. The van der Waals surface area contributed by atoms with Crippen molar-refractivity contribution in [3.8, 4) is 11.4 Å². The van der Waals surface area contributed by atoms with E-state index in [2.05, 4.69) is 39.1 Å². The predicted molar refractivity (Wildman–Crippen MR) is 143 cm³/mol. The molecule has 0 aliphatic carbocycles. The lowest BCUT2D eigenvalue weighted by molar-refractivity contribution is -0.131. The molecule has 1 aliphatic heterocycles. The second-order valence-electron chi connectivity index (χ2n) is 9.60. The zero-order valence-corrected chi connectivity index (χ0v) is 22.1. The van der Waals surface area contributed by atoms with Crippen LogP contribution in [0.5, 0.6) is 0 Å². The van der Waals surface area contributed by atoms with Gasteiger partial charge in [0.15, 0.2) is 17.0 Å². The van der Waals surface area contributed by atoms with Gasteiger partial charge in [-0.1, -0.05) is 20.8 Å². The summed E-state index contributed by atoms with van der Waals surface area (Å²) in [6, 6.07) is -0.537. The third-order valence-electron chi connectivity index (χ3n) is 6.40. The van der Waals surface area contributed by atoms with Crippen LogP contribution in [-0.4, -0.2) is 82.5 Å². The molecule has 1 saturated heterocycles. The summed E-state index contributed by atoms with van der Waals surface area (Å²) in [5.74, 6) is 2.80. The summed E-state index contributed by atoms with van der Waals surface area (Å²) in [6.45, 7) is 11.6. The second-order valence-corrected chi connectivity index (χ2v) is 9.60. The third kappa shape index (κ3) is 5.42. The molecule has 0 saturated carbocycles. The van der Waals surface area contributed by atoms with Crippen molar-refractivity contribution < 1.29 is 4.79 Å². The Morgan fingerprint density at radius 3 is 2.49 bits per heavy atom. The van der Waals surface area contributed by atoms with Gasteiger partial charge in [0, 0.05) is 38.4 Å². The van der Waals surface area contributed by atoms with E-state index in [4.69, 9.17) is 15.8 Å². The van der Waals surface area contributed by atoms with Gasteiger partial charge in [-0.05, 0) is 26.2 Å². The Morgan fingerprint density at radius 2 is 1.86 bits per heavy atom. The molecule has 37 heavy (non-hydrogen) atoms. The number of anilines is 1. The van der Waals surface area contributed by atoms with Gasteiger partial charge >= 0.3 is 0 Å².